The summed E-state index contributed by atoms with van der Waals surface area (Å²) in [6, 6.07) is 3.20. The smallest absolute Gasteiger partial charge is 0.252 e. The average molecular weight is 265 g/mol. The second-order valence-electron chi connectivity index (χ2n) is 4.72. The third-order valence-electron chi connectivity index (χ3n) is 2.71. The molecule has 1 heterocycles. The molecule has 0 atom stereocenters. The molecule has 0 aliphatic carbocycles. The fraction of sp³-hybridized carbons (Fsp3) is 0.417. The van der Waals surface area contributed by atoms with Gasteiger partial charge in [0.1, 0.15) is 5.82 Å². The van der Waals surface area contributed by atoms with E-state index in [1.54, 1.807) is 33.0 Å². The summed E-state index contributed by atoms with van der Waals surface area (Å²) in [4.78, 5) is 27.4. The minimum absolute atomic E-state index is 0.131. The molecule has 1 aromatic heterocycles. The Morgan fingerprint density at radius 3 is 2.53 bits per heavy atom. The van der Waals surface area contributed by atoms with E-state index < -0.39 is 5.41 Å². The first kappa shape index (κ1) is 14.9. The molecule has 0 saturated heterocycles. The molecule has 104 valence electrons. The van der Waals surface area contributed by atoms with Gasteiger partial charge in [-0.25, -0.2) is 10.8 Å². The lowest BCUT2D eigenvalue weighted by Crippen LogP contribution is -2.43. The Morgan fingerprint density at radius 1 is 1.37 bits per heavy atom. The highest BCUT2D eigenvalue weighted by Crippen LogP contribution is 2.13. The van der Waals surface area contributed by atoms with Gasteiger partial charge in [-0.2, -0.15) is 0 Å². The number of hydrazine groups is 1. The summed E-state index contributed by atoms with van der Waals surface area (Å²) in [6.07, 6.45) is 1.41. The first-order valence-corrected chi connectivity index (χ1v) is 5.84. The Balaban J connectivity index is 2.62. The average Bonchev–Trinajstić information content (AvgIpc) is 2.43. The number of nitrogens with two attached hydrogens (primary N) is 1. The lowest BCUT2D eigenvalue weighted by molar-refractivity contribution is -0.128. The summed E-state index contributed by atoms with van der Waals surface area (Å²) in [5.41, 5.74) is 2.12. The van der Waals surface area contributed by atoms with Gasteiger partial charge in [-0.3, -0.25) is 9.59 Å². The number of nitrogen functional groups attached to an aromatic ring is 1. The van der Waals surface area contributed by atoms with Gasteiger partial charge in [0, 0.05) is 19.8 Å². The van der Waals surface area contributed by atoms with Crippen LogP contribution < -0.4 is 21.9 Å². The molecule has 0 aliphatic heterocycles. The van der Waals surface area contributed by atoms with Gasteiger partial charge in [-0.1, -0.05) is 0 Å². The van der Waals surface area contributed by atoms with Crippen LogP contribution in [0.1, 0.15) is 24.2 Å². The molecule has 1 rings (SSSR count). The van der Waals surface area contributed by atoms with Crippen molar-refractivity contribution in [3.05, 3.63) is 23.9 Å². The third-order valence-corrected chi connectivity index (χ3v) is 2.71. The van der Waals surface area contributed by atoms with Gasteiger partial charge in [0.25, 0.3) is 5.91 Å². The highest BCUT2D eigenvalue weighted by molar-refractivity contribution is 5.94. The van der Waals surface area contributed by atoms with Gasteiger partial charge in [0.15, 0.2) is 0 Å². The molecule has 7 heteroatoms. The van der Waals surface area contributed by atoms with E-state index in [2.05, 4.69) is 21.0 Å². The molecule has 7 nitrogen and oxygen atoms in total. The molecule has 2 amide bonds. The van der Waals surface area contributed by atoms with Crippen LogP contribution in [0.25, 0.3) is 0 Å². The molecule has 0 aromatic carbocycles. The van der Waals surface area contributed by atoms with Crippen LogP contribution in [0.5, 0.6) is 0 Å². The zero-order chi connectivity index (χ0) is 14.5. The highest BCUT2D eigenvalue weighted by Gasteiger charge is 2.27. The summed E-state index contributed by atoms with van der Waals surface area (Å²) in [5.74, 6) is 5.24. The summed E-state index contributed by atoms with van der Waals surface area (Å²) in [7, 11) is 1.56. The number of amides is 2. The first-order valence-electron chi connectivity index (χ1n) is 5.84. The lowest BCUT2D eigenvalue weighted by atomic mass is 9.92. The maximum atomic E-state index is 11.9. The minimum Gasteiger partial charge on any atom is -0.359 e. The Bertz CT molecular complexity index is 456. The minimum atomic E-state index is -0.670. The standard InChI is InChI=1S/C12H19N5O2/c1-12(2,11(19)14-3)7-16-10(18)8-4-5-9(17-13)15-6-8/h4-6H,7,13H2,1-3H3,(H,14,19)(H,15,17)(H,16,18). The van der Waals surface area contributed by atoms with E-state index in [4.69, 9.17) is 5.84 Å². The van der Waals surface area contributed by atoms with Crippen LogP contribution in [0.3, 0.4) is 0 Å². The van der Waals surface area contributed by atoms with E-state index in [9.17, 15) is 9.59 Å². The third kappa shape index (κ3) is 3.92. The van der Waals surface area contributed by atoms with Crippen LogP contribution in [-0.4, -0.2) is 30.4 Å². The Kier molecular flexibility index (Phi) is 4.82. The number of anilines is 1. The van der Waals surface area contributed by atoms with Crippen LogP contribution in [-0.2, 0) is 4.79 Å². The van der Waals surface area contributed by atoms with Gasteiger partial charge in [-0.05, 0) is 26.0 Å². The second-order valence-corrected chi connectivity index (χ2v) is 4.72. The normalized spacial score (nSPS) is 10.7. The number of rotatable bonds is 5. The molecule has 0 aliphatic rings. The Hall–Kier alpha value is -2.15. The summed E-state index contributed by atoms with van der Waals surface area (Å²) >= 11 is 0. The quantitative estimate of drug-likeness (QED) is 0.438. The van der Waals surface area contributed by atoms with E-state index >= 15 is 0 Å². The van der Waals surface area contributed by atoms with Gasteiger partial charge in [0.05, 0.1) is 11.0 Å². The number of nitrogens with one attached hydrogen (secondary N) is 3. The van der Waals surface area contributed by atoms with Crippen molar-refractivity contribution in [2.24, 2.45) is 11.3 Å². The first-order chi connectivity index (χ1) is 8.90. The maximum absolute atomic E-state index is 11.9. The largest absolute Gasteiger partial charge is 0.359 e. The molecular formula is C12H19N5O2. The van der Waals surface area contributed by atoms with Crippen LogP contribution in [0.2, 0.25) is 0 Å². The molecular weight excluding hydrogens is 246 g/mol. The number of aromatic nitrogens is 1. The number of hydrogen-bond donors (Lipinski definition) is 4. The topological polar surface area (TPSA) is 109 Å². The van der Waals surface area contributed by atoms with Crippen molar-refractivity contribution in [1.29, 1.82) is 0 Å². The molecule has 0 spiro atoms. The Labute approximate surface area is 111 Å². The molecule has 0 bridgehead atoms. The van der Waals surface area contributed by atoms with E-state index in [1.807, 2.05) is 0 Å². The van der Waals surface area contributed by atoms with E-state index in [0.29, 0.717) is 11.4 Å². The van der Waals surface area contributed by atoms with Crippen molar-refractivity contribution in [1.82, 2.24) is 15.6 Å². The Morgan fingerprint density at radius 2 is 2.05 bits per heavy atom. The fourth-order valence-electron chi connectivity index (χ4n) is 1.44. The van der Waals surface area contributed by atoms with Gasteiger partial charge >= 0.3 is 0 Å². The second kappa shape index (κ2) is 6.14. The number of nitrogens with zero attached hydrogens (tertiary/aromatic N) is 1. The molecule has 5 N–H and O–H groups in total. The van der Waals surface area contributed by atoms with Crippen LogP contribution >= 0.6 is 0 Å². The zero-order valence-corrected chi connectivity index (χ0v) is 11.3. The SMILES string of the molecule is CNC(=O)C(C)(C)CNC(=O)c1ccc(NN)nc1. The molecule has 1 aromatic rings. The molecule has 0 unspecified atom stereocenters. The molecule has 0 radical (unpaired) electrons. The zero-order valence-electron chi connectivity index (χ0n) is 11.3. The van der Waals surface area contributed by atoms with Crippen molar-refractivity contribution >= 4 is 17.6 Å². The predicted octanol–water partition coefficient (Wildman–Crippen LogP) is -0.131. The monoisotopic (exact) mass is 265 g/mol. The number of carbonyl (C=O) groups excluding carboxylic acids is 2. The predicted molar refractivity (Wildman–Crippen MR) is 72.2 cm³/mol. The highest BCUT2D eigenvalue weighted by atomic mass is 16.2. The van der Waals surface area contributed by atoms with Crippen molar-refractivity contribution in [2.75, 3.05) is 19.0 Å². The number of hydrogen-bond acceptors (Lipinski definition) is 5. The lowest BCUT2D eigenvalue weighted by Gasteiger charge is -2.22. The molecule has 0 fully saturated rings. The number of pyridine rings is 1. The summed E-state index contributed by atoms with van der Waals surface area (Å²) < 4.78 is 0. The van der Waals surface area contributed by atoms with Crippen LogP contribution in [0.4, 0.5) is 5.82 Å². The van der Waals surface area contributed by atoms with E-state index in [0.717, 1.165) is 0 Å². The van der Waals surface area contributed by atoms with E-state index in [-0.39, 0.29) is 18.4 Å². The van der Waals surface area contributed by atoms with Crippen molar-refractivity contribution in [3.8, 4) is 0 Å². The van der Waals surface area contributed by atoms with Crippen LogP contribution in [0.15, 0.2) is 18.3 Å². The maximum Gasteiger partial charge on any atom is 0.252 e. The van der Waals surface area contributed by atoms with Crippen molar-refractivity contribution in [3.63, 3.8) is 0 Å². The number of carbonyl (C=O) groups is 2. The fourth-order valence-corrected chi connectivity index (χ4v) is 1.44. The van der Waals surface area contributed by atoms with Crippen molar-refractivity contribution < 1.29 is 9.59 Å². The van der Waals surface area contributed by atoms with E-state index in [1.165, 1.54) is 6.20 Å². The molecule has 0 saturated carbocycles. The summed E-state index contributed by atoms with van der Waals surface area (Å²) in [5, 5.41) is 5.26. The van der Waals surface area contributed by atoms with Gasteiger partial charge in [-0.15, -0.1) is 0 Å². The molecule has 19 heavy (non-hydrogen) atoms. The van der Waals surface area contributed by atoms with Crippen molar-refractivity contribution in [2.45, 2.75) is 13.8 Å². The van der Waals surface area contributed by atoms with Crippen LogP contribution in [0, 0.1) is 5.41 Å². The van der Waals surface area contributed by atoms with Gasteiger partial charge < -0.3 is 16.1 Å². The summed E-state index contributed by atoms with van der Waals surface area (Å²) in [6.45, 7) is 3.75. The van der Waals surface area contributed by atoms with Gasteiger partial charge in [0.2, 0.25) is 5.91 Å².